The average Bonchev–Trinajstić information content (AvgIpc) is 3.09. The lowest BCUT2D eigenvalue weighted by atomic mass is 9.88. The van der Waals surface area contributed by atoms with Crippen molar-refractivity contribution in [2.45, 2.75) is 227 Å². The SMILES string of the molecule is CCCCCCCCCCCC(=O)OCC(CC)(COC(=O)CCCCCCCCCCC)COC(=O)CCCCCCCCCCC. The molecule has 0 N–H and O–H groups in total. The van der Waals surface area contributed by atoms with Gasteiger partial charge in [-0.2, -0.15) is 0 Å². The van der Waals surface area contributed by atoms with Gasteiger partial charge in [-0.15, -0.1) is 0 Å². The fourth-order valence-electron chi connectivity index (χ4n) is 6.09. The summed E-state index contributed by atoms with van der Waals surface area (Å²) in [5.41, 5.74) is -0.726. The number of hydrogen-bond acceptors (Lipinski definition) is 6. The van der Waals surface area contributed by atoms with Gasteiger partial charge in [0.25, 0.3) is 0 Å². The van der Waals surface area contributed by atoms with Crippen molar-refractivity contribution in [1.82, 2.24) is 0 Å². The van der Waals surface area contributed by atoms with Gasteiger partial charge < -0.3 is 14.2 Å². The van der Waals surface area contributed by atoms with Gasteiger partial charge in [-0.1, -0.05) is 182 Å². The molecule has 0 aliphatic heterocycles. The number of esters is 3. The molecule has 0 aromatic carbocycles. The Hall–Kier alpha value is -1.59. The van der Waals surface area contributed by atoms with Crippen molar-refractivity contribution in [2.24, 2.45) is 5.41 Å². The molecule has 0 amide bonds. The lowest BCUT2D eigenvalue weighted by Gasteiger charge is -2.31. The van der Waals surface area contributed by atoms with Gasteiger partial charge in [0, 0.05) is 19.3 Å². The third-order valence-corrected chi connectivity index (χ3v) is 9.82. The predicted octanol–water partition coefficient (Wildman–Crippen LogP) is 12.8. The van der Waals surface area contributed by atoms with E-state index in [1.54, 1.807) is 0 Å². The largest absolute Gasteiger partial charge is 0.465 e. The standard InChI is InChI=1S/C42H80O6/c1-5-9-12-15-18-21-24-27-30-33-39(43)46-36-42(8-4,37-47-40(44)34-31-28-25-22-19-16-13-10-6-2)38-48-41(45)35-32-29-26-23-20-17-14-11-7-3/h5-38H2,1-4H3. The fraction of sp³-hybridized carbons (Fsp3) is 0.929. The van der Waals surface area contributed by atoms with Crippen LogP contribution in [0, 0.1) is 5.41 Å². The minimum Gasteiger partial charge on any atom is -0.465 e. The lowest BCUT2D eigenvalue weighted by Crippen LogP contribution is -2.39. The second-order valence-electron chi connectivity index (χ2n) is 14.6. The monoisotopic (exact) mass is 681 g/mol. The minimum atomic E-state index is -0.726. The first-order chi connectivity index (χ1) is 23.4. The molecule has 0 heterocycles. The Labute approximate surface area is 298 Å². The van der Waals surface area contributed by atoms with Crippen LogP contribution in [0.25, 0.3) is 0 Å². The molecule has 0 aromatic heterocycles. The molecule has 6 heteroatoms. The van der Waals surface area contributed by atoms with Crippen molar-refractivity contribution in [3.63, 3.8) is 0 Å². The number of carbonyl (C=O) groups excluding carboxylic acids is 3. The van der Waals surface area contributed by atoms with Gasteiger partial charge in [0.2, 0.25) is 0 Å². The van der Waals surface area contributed by atoms with E-state index in [2.05, 4.69) is 20.8 Å². The quantitative estimate of drug-likeness (QED) is 0.0369. The maximum Gasteiger partial charge on any atom is 0.305 e. The maximum absolute atomic E-state index is 12.7. The molecule has 0 rings (SSSR count). The Kier molecular flexibility index (Phi) is 34.1. The Bertz CT molecular complexity index is 643. The van der Waals surface area contributed by atoms with Crippen LogP contribution in [0.15, 0.2) is 0 Å². The van der Waals surface area contributed by atoms with Crippen LogP contribution < -0.4 is 0 Å². The van der Waals surface area contributed by atoms with Crippen molar-refractivity contribution < 1.29 is 28.6 Å². The van der Waals surface area contributed by atoms with Crippen LogP contribution in [-0.2, 0) is 28.6 Å². The zero-order chi connectivity index (χ0) is 35.4. The molecule has 0 fully saturated rings. The summed E-state index contributed by atoms with van der Waals surface area (Å²) in [6.45, 7) is 8.98. The first kappa shape index (κ1) is 46.4. The molecule has 0 aromatic rings. The Balaban J connectivity index is 4.65. The van der Waals surface area contributed by atoms with Gasteiger partial charge in [0.15, 0.2) is 0 Å². The van der Waals surface area contributed by atoms with Crippen molar-refractivity contribution in [2.75, 3.05) is 19.8 Å². The summed E-state index contributed by atoms with van der Waals surface area (Å²) in [4.78, 5) is 38.0. The van der Waals surface area contributed by atoms with Crippen LogP contribution in [-0.4, -0.2) is 37.7 Å². The summed E-state index contributed by atoms with van der Waals surface area (Å²) < 4.78 is 17.2. The van der Waals surface area contributed by atoms with Crippen LogP contribution in [0.1, 0.15) is 227 Å². The van der Waals surface area contributed by atoms with E-state index >= 15 is 0 Å². The number of unbranched alkanes of at least 4 members (excludes halogenated alkanes) is 24. The first-order valence-corrected chi connectivity index (χ1v) is 20.9. The summed E-state index contributed by atoms with van der Waals surface area (Å²) in [5, 5.41) is 0. The van der Waals surface area contributed by atoms with Crippen molar-refractivity contribution in [3.8, 4) is 0 Å². The fourth-order valence-corrected chi connectivity index (χ4v) is 6.09. The van der Waals surface area contributed by atoms with E-state index in [1.807, 2.05) is 6.92 Å². The summed E-state index contributed by atoms with van der Waals surface area (Å²) in [6, 6.07) is 0. The van der Waals surface area contributed by atoms with Crippen molar-refractivity contribution >= 4 is 17.9 Å². The molecule has 0 radical (unpaired) electrons. The molecule has 0 saturated carbocycles. The van der Waals surface area contributed by atoms with E-state index < -0.39 is 5.41 Å². The average molecular weight is 681 g/mol. The van der Waals surface area contributed by atoms with E-state index in [9.17, 15) is 14.4 Å². The molecule has 0 unspecified atom stereocenters. The third kappa shape index (κ3) is 30.5. The molecular formula is C42H80O6. The molecule has 0 spiro atoms. The van der Waals surface area contributed by atoms with Gasteiger partial charge >= 0.3 is 17.9 Å². The second kappa shape index (κ2) is 35.2. The Morgan fingerprint density at radius 3 is 0.750 bits per heavy atom. The minimum absolute atomic E-state index is 0.0936. The highest BCUT2D eigenvalue weighted by Crippen LogP contribution is 2.26. The topological polar surface area (TPSA) is 78.9 Å². The molecule has 0 atom stereocenters. The van der Waals surface area contributed by atoms with Gasteiger partial charge in [0.1, 0.15) is 19.8 Å². The van der Waals surface area contributed by atoms with Gasteiger partial charge in [-0.05, 0) is 25.7 Å². The van der Waals surface area contributed by atoms with E-state index in [-0.39, 0.29) is 37.7 Å². The van der Waals surface area contributed by atoms with Crippen LogP contribution >= 0.6 is 0 Å². The zero-order valence-electron chi connectivity index (χ0n) is 32.5. The summed E-state index contributed by atoms with van der Waals surface area (Å²) in [6.07, 6.45) is 34.0. The first-order valence-electron chi connectivity index (χ1n) is 20.9. The molecule has 0 aliphatic carbocycles. The summed E-state index contributed by atoms with van der Waals surface area (Å²) in [7, 11) is 0. The highest BCUT2D eigenvalue weighted by atomic mass is 16.6. The van der Waals surface area contributed by atoms with Crippen LogP contribution in [0.2, 0.25) is 0 Å². The second-order valence-corrected chi connectivity index (χ2v) is 14.6. The molecule has 0 saturated heterocycles. The molecule has 6 nitrogen and oxygen atoms in total. The molecule has 284 valence electrons. The molecule has 0 bridgehead atoms. The number of carbonyl (C=O) groups is 3. The van der Waals surface area contributed by atoms with E-state index in [1.165, 1.54) is 116 Å². The van der Waals surface area contributed by atoms with Crippen LogP contribution in [0.4, 0.5) is 0 Å². The van der Waals surface area contributed by atoms with Crippen LogP contribution in [0.3, 0.4) is 0 Å². The van der Waals surface area contributed by atoms with E-state index in [0.717, 1.165) is 57.8 Å². The van der Waals surface area contributed by atoms with Gasteiger partial charge in [-0.25, -0.2) is 0 Å². The van der Waals surface area contributed by atoms with Crippen LogP contribution in [0.5, 0.6) is 0 Å². The summed E-state index contributed by atoms with van der Waals surface area (Å²) >= 11 is 0. The Morgan fingerprint density at radius 2 is 0.542 bits per heavy atom. The number of rotatable bonds is 37. The van der Waals surface area contributed by atoms with Gasteiger partial charge in [-0.3, -0.25) is 14.4 Å². The van der Waals surface area contributed by atoms with E-state index in [4.69, 9.17) is 14.2 Å². The maximum atomic E-state index is 12.7. The smallest absolute Gasteiger partial charge is 0.305 e. The highest BCUT2D eigenvalue weighted by Gasteiger charge is 2.34. The van der Waals surface area contributed by atoms with Gasteiger partial charge in [0.05, 0.1) is 5.41 Å². The number of hydrogen-bond donors (Lipinski definition) is 0. The normalized spacial score (nSPS) is 11.5. The molecular weight excluding hydrogens is 600 g/mol. The van der Waals surface area contributed by atoms with E-state index in [0.29, 0.717) is 25.7 Å². The Morgan fingerprint density at radius 1 is 0.333 bits per heavy atom. The lowest BCUT2D eigenvalue weighted by molar-refractivity contribution is -0.162. The zero-order valence-corrected chi connectivity index (χ0v) is 32.5. The molecule has 48 heavy (non-hydrogen) atoms. The third-order valence-electron chi connectivity index (χ3n) is 9.82. The molecule has 0 aliphatic rings. The highest BCUT2D eigenvalue weighted by molar-refractivity contribution is 5.70. The predicted molar refractivity (Wildman–Crippen MR) is 201 cm³/mol. The number of ether oxygens (including phenoxy) is 3. The van der Waals surface area contributed by atoms with Crippen molar-refractivity contribution in [1.29, 1.82) is 0 Å². The summed E-state index contributed by atoms with van der Waals surface area (Å²) in [5.74, 6) is -0.673. The van der Waals surface area contributed by atoms with Crippen molar-refractivity contribution in [3.05, 3.63) is 0 Å².